The van der Waals surface area contributed by atoms with Crippen molar-refractivity contribution in [3.8, 4) is 11.8 Å². The number of carbonyl (C=O) groups is 1. The second-order valence-corrected chi connectivity index (χ2v) is 5.03. The Morgan fingerprint density at radius 2 is 2.00 bits per heavy atom. The van der Waals surface area contributed by atoms with Crippen LogP contribution >= 0.6 is 0 Å². The van der Waals surface area contributed by atoms with Gasteiger partial charge < -0.3 is 9.64 Å². The van der Waals surface area contributed by atoms with Crippen LogP contribution in [-0.2, 0) is 4.74 Å². The highest BCUT2D eigenvalue weighted by Crippen LogP contribution is 2.26. The minimum absolute atomic E-state index is 0.312. The SMILES string of the molecule is C=CC#CC1(OC(=O)c2ccccc2)CCN(C)CC1. The van der Waals surface area contributed by atoms with E-state index >= 15 is 0 Å². The molecule has 1 aromatic rings. The maximum Gasteiger partial charge on any atom is 0.339 e. The molecule has 0 atom stereocenters. The van der Waals surface area contributed by atoms with Gasteiger partial charge in [-0.3, -0.25) is 0 Å². The average molecular weight is 269 g/mol. The number of likely N-dealkylation sites (tertiary alicyclic amines) is 1. The summed E-state index contributed by atoms with van der Waals surface area (Å²) in [6.45, 7) is 5.34. The molecule has 0 amide bonds. The molecule has 0 unspecified atom stereocenters. The normalized spacial score (nSPS) is 17.6. The van der Waals surface area contributed by atoms with Gasteiger partial charge in [-0.05, 0) is 25.3 Å². The van der Waals surface area contributed by atoms with Gasteiger partial charge in [0.05, 0.1) is 5.56 Å². The van der Waals surface area contributed by atoms with Crippen LogP contribution in [0.2, 0.25) is 0 Å². The Morgan fingerprint density at radius 1 is 1.35 bits per heavy atom. The minimum Gasteiger partial charge on any atom is -0.442 e. The van der Waals surface area contributed by atoms with Crippen molar-refractivity contribution in [3.63, 3.8) is 0 Å². The number of esters is 1. The van der Waals surface area contributed by atoms with Crippen LogP contribution in [0.1, 0.15) is 23.2 Å². The zero-order chi connectivity index (χ0) is 14.4. The van der Waals surface area contributed by atoms with E-state index in [0.717, 1.165) is 25.9 Å². The molecule has 0 aromatic heterocycles. The first kappa shape index (κ1) is 14.4. The van der Waals surface area contributed by atoms with E-state index < -0.39 is 5.60 Å². The molecule has 0 aliphatic carbocycles. The third-order valence-corrected chi connectivity index (χ3v) is 3.49. The van der Waals surface area contributed by atoms with Gasteiger partial charge in [0.2, 0.25) is 0 Å². The van der Waals surface area contributed by atoms with Crippen molar-refractivity contribution in [2.45, 2.75) is 18.4 Å². The summed E-state index contributed by atoms with van der Waals surface area (Å²) >= 11 is 0. The third-order valence-electron chi connectivity index (χ3n) is 3.49. The predicted molar refractivity (Wildman–Crippen MR) is 79.3 cm³/mol. The standard InChI is InChI=1S/C17H19NO2/c1-3-4-10-17(11-13-18(2)14-12-17)20-16(19)15-8-6-5-7-9-15/h3,5-9H,1,11-14H2,2H3. The highest BCUT2D eigenvalue weighted by Gasteiger charge is 2.36. The zero-order valence-electron chi connectivity index (χ0n) is 11.8. The highest BCUT2D eigenvalue weighted by atomic mass is 16.6. The average Bonchev–Trinajstić information content (AvgIpc) is 2.49. The summed E-state index contributed by atoms with van der Waals surface area (Å²) in [5.41, 5.74) is -0.126. The smallest absolute Gasteiger partial charge is 0.339 e. The molecule has 0 bridgehead atoms. The topological polar surface area (TPSA) is 29.5 Å². The Morgan fingerprint density at radius 3 is 2.60 bits per heavy atom. The van der Waals surface area contributed by atoms with Crippen LogP contribution in [0.25, 0.3) is 0 Å². The van der Waals surface area contributed by atoms with Crippen LogP contribution in [0.4, 0.5) is 0 Å². The first-order chi connectivity index (χ1) is 9.65. The Kier molecular flexibility index (Phi) is 4.60. The fourth-order valence-corrected chi connectivity index (χ4v) is 2.23. The molecule has 104 valence electrons. The van der Waals surface area contributed by atoms with Gasteiger partial charge >= 0.3 is 5.97 Å². The number of hydrogen-bond acceptors (Lipinski definition) is 3. The molecular weight excluding hydrogens is 250 g/mol. The molecule has 1 saturated heterocycles. The van der Waals surface area contributed by atoms with Gasteiger partial charge in [0.15, 0.2) is 5.60 Å². The maximum atomic E-state index is 12.2. The van der Waals surface area contributed by atoms with Crippen LogP contribution in [0.3, 0.4) is 0 Å². The van der Waals surface area contributed by atoms with Crippen LogP contribution in [-0.4, -0.2) is 36.6 Å². The molecule has 0 spiro atoms. The van der Waals surface area contributed by atoms with Crippen molar-refractivity contribution in [2.75, 3.05) is 20.1 Å². The molecule has 20 heavy (non-hydrogen) atoms. The third kappa shape index (κ3) is 3.49. The number of benzene rings is 1. The minimum atomic E-state index is -0.687. The fourth-order valence-electron chi connectivity index (χ4n) is 2.23. The Hall–Kier alpha value is -2.05. The van der Waals surface area contributed by atoms with Crippen LogP contribution in [0.5, 0.6) is 0 Å². The van der Waals surface area contributed by atoms with Crippen molar-refractivity contribution in [2.24, 2.45) is 0 Å². The van der Waals surface area contributed by atoms with E-state index in [1.54, 1.807) is 12.1 Å². The second-order valence-electron chi connectivity index (χ2n) is 5.03. The van der Waals surface area contributed by atoms with E-state index in [9.17, 15) is 4.79 Å². The molecule has 3 nitrogen and oxygen atoms in total. The summed E-state index contributed by atoms with van der Waals surface area (Å²) in [5, 5.41) is 0. The second kappa shape index (κ2) is 6.40. The van der Waals surface area contributed by atoms with Gasteiger partial charge in [0.1, 0.15) is 0 Å². The van der Waals surface area contributed by atoms with Gasteiger partial charge in [-0.15, -0.1) is 0 Å². The Bertz CT molecular complexity index is 531. The number of ether oxygens (including phenoxy) is 1. The largest absolute Gasteiger partial charge is 0.442 e. The van der Waals surface area contributed by atoms with E-state index in [1.807, 2.05) is 18.2 Å². The molecule has 3 heteroatoms. The quantitative estimate of drug-likeness (QED) is 0.610. The first-order valence-corrected chi connectivity index (χ1v) is 6.76. The van der Waals surface area contributed by atoms with Gasteiger partial charge in [0, 0.05) is 25.9 Å². The van der Waals surface area contributed by atoms with E-state index in [2.05, 4.69) is 30.4 Å². The number of piperidine rings is 1. The molecule has 1 aliphatic rings. The van der Waals surface area contributed by atoms with Crippen molar-refractivity contribution in [1.82, 2.24) is 4.90 Å². The molecule has 1 aliphatic heterocycles. The van der Waals surface area contributed by atoms with Crippen molar-refractivity contribution >= 4 is 5.97 Å². The molecule has 1 heterocycles. The number of nitrogens with zero attached hydrogens (tertiary/aromatic N) is 1. The van der Waals surface area contributed by atoms with Crippen molar-refractivity contribution in [3.05, 3.63) is 48.6 Å². The summed E-state index contributed by atoms with van der Waals surface area (Å²) in [6, 6.07) is 9.04. The number of rotatable bonds is 2. The lowest BCUT2D eigenvalue weighted by atomic mass is 9.91. The van der Waals surface area contributed by atoms with E-state index in [-0.39, 0.29) is 5.97 Å². The lowest BCUT2D eigenvalue weighted by molar-refractivity contribution is -0.0163. The highest BCUT2D eigenvalue weighted by molar-refractivity contribution is 5.89. The summed E-state index contributed by atoms with van der Waals surface area (Å²) in [7, 11) is 2.06. The lowest BCUT2D eigenvalue weighted by Gasteiger charge is -2.36. The summed E-state index contributed by atoms with van der Waals surface area (Å²) in [6.07, 6.45) is 2.99. The van der Waals surface area contributed by atoms with Gasteiger partial charge in [-0.1, -0.05) is 36.6 Å². The lowest BCUT2D eigenvalue weighted by Crippen LogP contribution is -2.45. The molecular formula is C17H19NO2. The monoisotopic (exact) mass is 269 g/mol. The van der Waals surface area contributed by atoms with E-state index in [1.165, 1.54) is 6.08 Å². The van der Waals surface area contributed by atoms with Gasteiger partial charge in [-0.25, -0.2) is 4.79 Å². The van der Waals surface area contributed by atoms with Gasteiger partial charge in [0.25, 0.3) is 0 Å². The predicted octanol–water partition coefficient (Wildman–Crippen LogP) is 2.50. The molecule has 2 rings (SSSR count). The Labute approximate surface area is 120 Å². The maximum absolute atomic E-state index is 12.2. The van der Waals surface area contributed by atoms with Crippen LogP contribution in [0, 0.1) is 11.8 Å². The van der Waals surface area contributed by atoms with Gasteiger partial charge in [-0.2, -0.15) is 0 Å². The molecule has 1 fully saturated rings. The zero-order valence-corrected chi connectivity index (χ0v) is 11.8. The van der Waals surface area contributed by atoms with Crippen molar-refractivity contribution in [1.29, 1.82) is 0 Å². The van der Waals surface area contributed by atoms with Crippen molar-refractivity contribution < 1.29 is 9.53 Å². The molecule has 1 aromatic carbocycles. The fraction of sp³-hybridized carbons (Fsp3) is 0.353. The van der Waals surface area contributed by atoms with Crippen LogP contribution < -0.4 is 0 Å². The number of allylic oxidation sites excluding steroid dienone is 1. The number of carbonyl (C=O) groups excluding carboxylic acids is 1. The van der Waals surface area contributed by atoms with E-state index in [4.69, 9.17) is 4.74 Å². The molecule has 0 radical (unpaired) electrons. The first-order valence-electron chi connectivity index (χ1n) is 6.76. The Balaban J connectivity index is 2.16. The summed E-state index contributed by atoms with van der Waals surface area (Å²) in [5.74, 6) is 5.61. The summed E-state index contributed by atoms with van der Waals surface area (Å²) < 4.78 is 5.73. The summed E-state index contributed by atoms with van der Waals surface area (Å²) in [4.78, 5) is 14.4. The van der Waals surface area contributed by atoms with Crippen LogP contribution in [0.15, 0.2) is 43.0 Å². The van der Waals surface area contributed by atoms with E-state index in [0.29, 0.717) is 5.56 Å². The molecule has 0 N–H and O–H groups in total. The number of hydrogen-bond donors (Lipinski definition) is 0. The molecule has 0 saturated carbocycles.